The second kappa shape index (κ2) is 5.69. The number of nitro groups is 1. The SMILES string of the molecule is CCOC(=O)C(F)(F)C1(O)CN(c2ncc([N+](=O)[O-])cc2C)C1. The number of aryl methyl sites for hydroxylation is 1. The Morgan fingerprint density at radius 3 is 2.70 bits per heavy atom. The van der Waals surface area contributed by atoms with Crippen molar-refractivity contribution in [1.29, 1.82) is 0 Å². The van der Waals surface area contributed by atoms with Crippen molar-refractivity contribution >= 4 is 17.5 Å². The molecule has 1 aromatic heterocycles. The lowest BCUT2D eigenvalue weighted by molar-refractivity contribution is -0.385. The topological polar surface area (TPSA) is 106 Å². The number of carbonyl (C=O) groups is 1. The molecule has 0 aliphatic carbocycles. The number of aliphatic hydroxyl groups is 1. The van der Waals surface area contributed by atoms with Gasteiger partial charge < -0.3 is 14.7 Å². The van der Waals surface area contributed by atoms with Crippen LogP contribution in [0, 0.1) is 17.0 Å². The summed E-state index contributed by atoms with van der Waals surface area (Å²) in [7, 11) is 0. The average molecular weight is 331 g/mol. The van der Waals surface area contributed by atoms with Gasteiger partial charge in [-0.2, -0.15) is 8.78 Å². The first-order chi connectivity index (χ1) is 10.6. The van der Waals surface area contributed by atoms with Crippen LogP contribution in [0.4, 0.5) is 20.3 Å². The molecule has 23 heavy (non-hydrogen) atoms. The lowest BCUT2D eigenvalue weighted by Crippen LogP contribution is -2.73. The molecule has 0 saturated carbocycles. The summed E-state index contributed by atoms with van der Waals surface area (Å²) in [5, 5.41) is 20.6. The van der Waals surface area contributed by atoms with Crippen molar-refractivity contribution in [2.75, 3.05) is 24.6 Å². The summed E-state index contributed by atoms with van der Waals surface area (Å²) in [6, 6.07) is 1.25. The van der Waals surface area contributed by atoms with Crippen molar-refractivity contribution in [3.05, 3.63) is 27.9 Å². The molecule has 1 aromatic rings. The molecule has 1 saturated heterocycles. The molecule has 0 bridgehead atoms. The molecular weight excluding hydrogens is 316 g/mol. The maximum absolute atomic E-state index is 13.9. The first-order valence-corrected chi connectivity index (χ1v) is 6.76. The number of hydrogen-bond acceptors (Lipinski definition) is 7. The number of halogens is 2. The average Bonchev–Trinajstić information content (AvgIpc) is 2.44. The van der Waals surface area contributed by atoms with Gasteiger partial charge in [0.05, 0.1) is 24.6 Å². The lowest BCUT2D eigenvalue weighted by Gasteiger charge is -2.49. The van der Waals surface area contributed by atoms with Crippen LogP contribution in [-0.4, -0.2) is 52.2 Å². The van der Waals surface area contributed by atoms with E-state index in [0.717, 1.165) is 6.20 Å². The third kappa shape index (κ3) is 2.81. The maximum Gasteiger partial charge on any atom is 0.380 e. The Morgan fingerprint density at radius 2 is 2.22 bits per heavy atom. The third-order valence-electron chi connectivity index (χ3n) is 3.57. The molecule has 2 heterocycles. The van der Waals surface area contributed by atoms with Gasteiger partial charge in [-0.1, -0.05) is 0 Å². The minimum atomic E-state index is -4.05. The number of β-amino-alcohol motifs (C(OH)–C–C–N with tert-alkyl or cyclic N) is 1. The molecule has 1 aliphatic rings. The first-order valence-electron chi connectivity index (χ1n) is 6.76. The van der Waals surface area contributed by atoms with Crippen molar-refractivity contribution in [1.82, 2.24) is 4.98 Å². The summed E-state index contributed by atoms with van der Waals surface area (Å²) >= 11 is 0. The Hall–Kier alpha value is -2.36. The summed E-state index contributed by atoms with van der Waals surface area (Å²) < 4.78 is 32.1. The van der Waals surface area contributed by atoms with Crippen LogP contribution < -0.4 is 4.90 Å². The van der Waals surface area contributed by atoms with E-state index in [-0.39, 0.29) is 18.1 Å². The van der Waals surface area contributed by atoms with Gasteiger partial charge >= 0.3 is 11.9 Å². The number of hydrogen-bond donors (Lipinski definition) is 1. The van der Waals surface area contributed by atoms with Gasteiger partial charge in [0, 0.05) is 6.07 Å². The fourth-order valence-corrected chi connectivity index (χ4v) is 2.33. The van der Waals surface area contributed by atoms with Gasteiger partial charge in [0.15, 0.2) is 5.60 Å². The Balaban J connectivity index is 2.14. The van der Waals surface area contributed by atoms with E-state index in [2.05, 4.69) is 9.72 Å². The Kier molecular flexibility index (Phi) is 4.20. The van der Waals surface area contributed by atoms with E-state index in [4.69, 9.17) is 0 Å². The minimum Gasteiger partial charge on any atom is -0.461 e. The zero-order chi connectivity index (χ0) is 17.4. The molecule has 2 rings (SSSR count). The molecule has 0 unspecified atom stereocenters. The smallest absolute Gasteiger partial charge is 0.380 e. The normalized spacial score (nSPS) is 16.7. The van der Waals surface area contributed by atoms with Gasteiger partial charge in [-0.15, -0.1) is 0 Å². The number of ether oxygens (including phenoxy) is 1. The van der Waals surface area contributed by atoms with Crippen LogP contribution in [0.5, 0.6) is 0 Å². The molecule has 1 aliphatic heterocycles. The lowest BCUT2D eigenvalue weighted by atomic mass is 9.86. The van der Waals surface area contributed by atoms with Crippen molar-refractivity contribution in [2.24, 2.45) is 0 Å². The highest BCUT2D eigenvalue weighted by Crippen LogP contribution is 2.40. The molecule has 0 aromatic carbocycles. The van der Waals surface area contributed by atoms with Crippen LogP contribution in [0.25, 0.3) is 0 Å². The van der Waals surface area contributed by atoms with Gasteiger partial charge in [-0.3, -0.25) is 10.1 Å². The van der Waals surface area contributed by atoms with Crippen LogP contribution >= 0.6 is 0 Å². The van der Waals surface area contributed by atoms with E-state index in [1.807, 2.05) is 0 Å². The number of aromatic nitrogens is 1. The van der Waals surface area contributed by atoms with E-state index in [1.54, 1.807) is 0 Å². The number of esters is 1. The van der Waals surface area contributed by atoms with Gasteiger partial charge in [0.2, 0.25) is 0 Å². The Labute approximate surface area is 129 Å². The monoisotopic (exact) mass is 331 g/mol. The summed E-state index contributed by atoms with van der Waals surface area (Å²) in [5.74, 6) is -5.59. The van der Waals surface area contributed by atoms with E-state index in [9.17, 15) is 28.8 Å². The van der Waals surface area contributed by atoms with Crippen molar-refractivity contribution < 1.29 is 28.3 Å². The highest BCUT2D eigenvalue weighted by Gasteiger charge is 2.65. The van der Waals surface area contributed by atoms with Gasteiger partial charge in [-0.25, -0.2) is 9.78 Å². The molecule has 10 heteroatoms. The molecule has 0 amide bonds. The standard InChI is InChI=1S/C13H15F2N3O5/c1-3-23-11(19)13(14,15)12(20)6-17(7-12)10-8(2)4-9(5-16-10)18(21)22/h4-5,20H,3,6-7H2,1-2H3. The quantitative estimate of drug-likeness (QED) is 0.488. The van der Waals surface area contributed by atoms with Gasteiger partial charge in [-0.05, 0) is 19.4 Å². The molecule has 0 atom stereocenters. The Bertz CT molecular complexity index is 646. The molecule has 126 valence electrons. The van der Waals surface area contributed by atoms with Gasteiger partial charge in [0.25, 0.3) is 5.69 Å². The molecule has 1 fully saturated rings. The summed E-state index contributed by atoms with van der Waals surface area (Å²) in [5.41, 5.74) is -2.38. The Morgan fingerprint density at radius 1 is 1.61 bits per heavy atom. The van der Waals surface area contributed by atoms with Crippen molar-refractivity contribution in [3.8, 4) is 0 Å². The van der Waals surface area contributed by atoms with E-state index >= 15 is 0 Å². The zero-order valence-electron chi connectivity index (χ0n) is 12.5. The summed E-state index contributed by atoms with van der Waals surface area (Å²) in [6.07, 6.45) is 1.00. The molecular formula is C13H15F2N3O5. The second-order valence-corrected chi connectivity index (χ2v) is 5.27. The minimum absolute atomic E-state index is 0.223. The second-order valence-electron chi connectivity index (χ2n) is 5.27. The van der Waals surface area contributed by atoms with Gasteiger partial charge in [0.1, 0.15) is 12.0 Å². The van der Waals surface area contributed by atoms with Crippen LogP contribution in [0.1, 0.15) is 12.5 Å². The number of rotatable bonds is 5. The fourth-order valence-electron chi connectivity index (χ4n) is 2.33. The largest absolute Gasteiger partial charge is 0.461 e. The van der Waals surface area contributed by atoms with Crippen molar-refractivity contribution in [2.45, 2.75) is 25.4 Å². The molecule has 1 N–H and O–H groups in total. The van der Waals surface area contributed by atoms with Crippen LogP contribution in [0.15, 0.2) is 12.3 Å². The maximum atomic E-state index is 13.9. The number of alkyl halides is 2. The highest BCUT2D eigenvalue weighted by molar-refractivity contribution is 5.80. The fraction of sp³-hybridized carbons (Fsp3) is 0.538. The zero-order valence-corrected chi connectivity index (χ0v) is 12.5. The predicted molar refractivity (Wildman–Crippen MR) is 74.4 cm³/mol. The van der Waals surface area contributed by atoms with Crippen molar-refractivity contribution in [3.63, 3.8) is 0 Å². The number of pyridine rings is 1. The number of anilines is 1. The number of nitrogens with zero attached hydrogens (tertiary/aromatic N) is 3. The molecule has 0 spiro atoms. The first kappa shape index (κ1) is 17.0. The number of carbonyl (C=O) groups excluding carboxylic acids is 1. The van der Waals surface area contributed by atoms with E-state index in [0.29, 0.717) is 5.56 Å². The van der Waals surface area contributed by atoms with Crippen LogP contribution in [-0.2, 0) is 9.53 Å². The third-order valence-corrected chi connectivity index (χ3v) is 3.57. The summed E-state index contributed by atoms with van der Waals surface area (Å²) in [4.78, 5) is 26.5. The predicted octanol–water partition coefficient (Wildman–Crippen LogP) is 1.05. The molecule has 0 radical (unpaired) electrons. The van der Waals surface area contributed by atoms with Crippen LogP contribution in [0.3, 0.4) is 0 Å². The van der Waals surface area contributed by atoms with Crippen LogP contribution in [0.2, 0.25) is 0 Å². The van der Waals surface area contributed by atoms with E-state index < -0.39 is 35.5 Å². The highest BCUT2D eigenvalue weighted by atomic mass is 19.3. The molecule has 8 nitrogen and oxygen atoms in total. The summed E-state index contributed by atoms with van der Waals surface area (Å²) in [6.45, 7) is 1.62. The van der Waals surface area contributed by atoms with E-state index in [1.165, 1.54) is 24.8 Å².